The summed E-state index contributed by atoms with van der Waals surface area (Å²) < 4.78 is 0. The van der Waals surface area contributed by atoms with Crippen LogP contribution in [0.15, 0.2) is 0 Å². The lowest BCUT2D eigenvalue weighted by Crippen LogP contribution is -2.49. The summed E-state index contributed by atoms with van der Waals surface area (Å²) in [5.74, 6) is -1.38. The summed E-state index contributed by atoms with van der Waals surface area (Å²) in [6, 6.07) is 0.294. The molecule has 98 valence electrons. The van der Waals surface area contributed by atoms with Gasteiger partial charge in [0.05, 0.1) is 5.92 Å². The summed E-state index contributed by atoms with van der Waals surface area (Å²) in [7, 11) is 1.81. The van der Waals surface area contributed by atoms with Crippen molar-refractivity contribution < 1.29 is 14.7 Å². The van der Waals surface area contributed by atoms with Crippen LogP contribution in [-0.2, 0) is 4.79 Å². The molecule has 1 rings (SSSR count). The van der Waals surface area contributed by atoms with Gasteiger partial charge in [0, 0.05) is 26.2 Å². The van der Waals surface area contributed by atoms with Crippen LogP contribution in [0.1, 0.15) is 33.1 Å². The Labute approximate surface area is 102 Å². The molecule has 1 aliphatic carbocycles. The molecule has 1 N–H and O–H groups in total. The second-order valence-corrected chi connectivity index (χ2v) is 4.76. The summed E-state index contributed by atoms with van der Waals surface area (Å²) in [6.07, 6.45) is 3.31. The molecule has 5 heteroatoms. The van der Waals surface area contributed by atoms with Crippen molar-refractivity contribution in [3.8, 4) is 0 Å². The largest absolute Gasteiger partial charge is 0.481 e. The van der Waals surface area contributed by atoms with E-state index in [0.29, 0.717) is 12.6 Å². The van der Waals surface area contributed by atoms with Gasteiger partial charge >= 0.3 is 12.0 Å². The van der Waals surface area contributed by atoms with E-state index in [1.807, 2.05) is 6.92 Å². The van der Waals surface area contributed by atoms with Crippen molar-refractivity contribution in [3.63, 3.8) is 0 Å². The summed E-state index contributed by atoms with van der Waals surface area (Å²) >= 11 is 0. The molecule has 1 aliphatic rings. The first-order valence-corrected chi connectivity index (χ1v) is 6.21. The minimum Gasteiger partial charge on any atom is -0.481 e. The highest BCUT2D eigenvalue weighted by molar-refractivity contribution is 5.76. The van der Waals surface area contributed by atoms with Crippen molar-refractivity contribution in [2.45, 2.75) is 39.2 Å². The molecule has 17 heavy (non-hydrogen) atoms. The zero-order valence-corrected chi connectivity index (χ0v) is 10.8. The topological polar surface area (TPSA) is 60.9 Å². The molecule has 0 radical (unpaired) electrons. The molecule has 0 spiro atoms. The van der Waals surface area contributed by atoms with Gasteiger partial charge in [0.1, 0.15) is 0 Å². The van der Waals surface area contributed by atoms with Crippen molar-refractivity contribution in [1.29, 1.82) is 0 Å². The Balaban J connectivity index is 2.53. The van der Waals surface area contributed by atoms with Crippen LogP contribution in [0.4, 0.5) is 4.79 Å². The summed E-state index contributed by atoms with van der Waals surface area (Å²) in [6.45, 7) is 4.33. The Bertz CT molecular complexity index is 289. The van der Waals surface area contributed by atoms with E-state index in [-0.39, 0.29) is 12.6 Å². The van der Waals surface area contributed by atoms with E-state index < -0.39 is 11.9 Å². The number of amides is 2. The van der Waals surface area contributed by atoms with Crippen LogP contribution in [0.2, 0.25) is 0 Å². The number of hydrogen-bond acceptors (Lipinski definition) is 2. The van der Waals surface area contributed by atoms with Gasteiger partial charge in [0.25, 0.3) is 0 Å². The van der Waals surface area contributed by atoms with E-state index in [1.165, 1.54) is 6.42 Å². The smallest absolute Gasteiger partial charge is 0.320 e. The highest BCUT2D eigenvalue weighted by Gasteiger charge is 2.29. The predicted molar refractivity (Wildman–Crippen MR) is 64.8 cm³/mol. The summed E-state index contributed by atoms with van der Waals surface area (Å²) in [5, 5.41) is 8.86. The van der Waals surface area contributed by atoms with Gasteiger partial charge < -0.3 is 14.9 Å². The maximum Gasteiger partial charge on any atom is 0.320 e. The van der Waals surface area contributed by atoms with E-state index in [9.17, 15) is 9.59 Å². The van der Waals surface area contributed by atoms with Crippen molar-refractivity contribution in [3.05, 3.63) is 0 Å². The number of carbonyl (C=O) groups excluding carboxylic acids is 1. The zero-order valence-electron chi connectivity index (χ0n) is 10.8. The fraction of sp³-hybridized carbons (Fsp3) is 0.833. The van der Waals surface area contributed by atoms with Crippen LogP contribution in [-0.4, -0.2) is 53.1 Å². The lowest BCUT2D eigenvalue weighted by molar-refractivity contribution is -0.141. The van der Waals surface area contributed by atoms with Gasteiger partial charge in [-0.3, -0.25) is 4.79 Å². The summed E-state index contributed by atoms with van der Waals surface area (Å²) in [4.78, 5) is 26.3. The number of urea groups is 1. The van der Waals surface area contributed by atoms with Crippen LogP contribution in [0.3, 0.4) is 0 Å². The molecule has 0 aliphatic heterocycles. The number of carboxylic acids is 1. The fourth-order valence-corrected chi connectivity index (χ4v) is 1.90. The number of rotatable bonds is 5. The lowest BCUT2D eigenvalue weighted by Gasteiger charge is -2.38. The van der Waals surface area contributed by atoms with E-state index >= 15 is 0 Å². The molecular weight excluding hydrogens is 220 g/mol. The molecule has 1 atom stereocenters. The minimum absolute atomic E-state index is 0.0506. The van der Waals surface area contributed by atoms with Gasteiger partial charge in [-0.25, -0.2) is 4.79 Å². The van der Waals surface area contributed by atoms with Gasteiger partial charge in [-0.05, 0) is 26.2 Å². The third-order valence-corrected chi connectivity index (χ3v) is 3.49. The number of hydrogen-bond donors (Lipinski definition) is 1. The van der Waals surface area contributed by atoms with E-state index in [1.54, 1.807) is 23.8 Å². The Morgan fingerprint density at radius 2 is 2.00 bits per heavy atom. The van der Waals surface area contributed by atoms with Crippen LogP contribution in [0.5, 0.6) is 0 Å². The first-order valence-electron chi connectivity index (χ1n) is 6.21. The van der Waals surface area contributed by atoms with E-state index in [2.05, 4.69) is 0 Å². The van der Waals surface area contributed by atoms with Crippen LogP contribution in [0.25, 0.3) is 0 Å². The third kappa shape index (κ3) is 3.35. The van der Waals surface area contributed by atoms with Gasteiger partial charge in [-0.15, -0.1) is 0 Å². The second-order valence-electron chi connectivity index (χ2n) is 4.76. The highest BCUT2D eigenvalue weighted by atomic mass is 16.4. The second kappa shape index (κ2) is 5.89. The normalized spacial score (nSPS) is 17.1. The number of aliphatic carboxylic acids is 1. The molecule has 0 aromatic heterocycles. The molecule has 1 unspecified atom stereocenters. The van der Waals surface area contributed by atoms with Gasteiger partial charge in [0.2, 0.25) is 0 Å². The molecule has 0 bridgehead atoms. The Morgan fingerprint density at radius 1 is 1.41 bits per heavy atom. The molecule has 5 nitrogen and oxygen atoms in total. The highest BCUT2D eigenvalue weighted by Crippen LogP contribution is 2.24. The molecule has 1 saturated carbocycles. The molecule has 0 saturated heterocycles. The van der Waals surface area contributed by atoms with Crippen molar-refractivity contribution in [1.82, 2.24) is 9.80 Å². The number of nitrogens with zero attached hydrogens (tertiary/aromatic N) is 2. The molecule has 2 amide bonds. The molecule has 0 heterocycles. The number of carbonyl (C=O) groups is 2. The van der Waals surface area contributed by atoms with Gasteiger partial charge in [-0.2, -0.15) is 0 Å². The van der Waals surface area contributed by atoms with E-state index in [4.69, 9.17) is 5.11 Å². The zero-order chi connectivity index (χ0) is 13.0. The molecule has 0 aromatic carbocycles. The fourth-order valence-electron chi connectivity index (χ4n) is 1.90. The average molecular weight is 242 g/mol. The Morgan fingerprint density at radius 3 is 2.35 bits per heavy atom. The van der Waals surface area contributed by atoms with Crippen LogP contribution < -0.4 is 0 Å². The maximum atomic E-state index is 12.1. The van der Waals surface area contributed by atoms with Gasteiger partial charge in [-0.1, -0.05) is 6.92 Å². The summed E-state index contributed by atoms with van der Waals surface area (Å²) in [5.41, 5.74) is 0. The Hall–Kier alpha value is -1.26. The monoisotopic (exact) mass is 242 g/mol. The molecule has 0 aromatic rings. The van der Waals surface area contributed by atoms with Crippen molar-refractivity contribution in [2.24, 2.45) is 5.92 Å². The quantitative estimate of drug-likeness (QED) is 0.797. The predicted octanol–water partition coefficient (Wildman–Crippen LogP) is 1.63. The molecular formula is C12H22N2O3. The first-order chi connectivity index (χ1) is 7.97. The van der Waals surface area contributed by atoms with Crippen LogP contribution >= 0.6 is 0 Å². The first kappa shape index (κ1) is 13.8. The number of carboxylic acid groups (broad SMARTS) is 1. The maximum absolute atomic E-state index is 12.1. The van der Waals surface area contributed by atoms with Gasteiger partial charge in [0.15, 0.2) is 0 Å². The SMILES string of the molecule is CCN(CC(C)C(=O)O)C(=O)N(C)C1CCC1. The van der Waals surface area contributed by atoms with Crippen molar-refractivity contribution in [2.75, 3.05) is 20.1 Å². The lowest BCUT2D eigenvalue weighted by atomic mass is 9.92. The Kier molecular flexibility index (Phi) is 4.78. The third-order valence-electron chi connectivity index (χ3n) is 3.49. The van der Waals surface area contributed by atoms with Crippen LogP contribution in [0, 0.1) is 5.92 Å². The van der Waals surface area contributed by atoms with Crippen molar-refractivity contribution >= 4 is 12.0 Å². The van der Waals surface area contributed by atoms with E-state index in [0.717, 1.165) is 12.8 Å². The minimum atomic E-state index is -0.859. The average Bonchev–Trinajstić information content (AvgIpc) is 2.21. The molecule has 1 fully saturated rings. The standard InChI is InChI=1S/C12H22N2O3/c1-4-14(8-9(2)11(15)16)12(17)13(3)10-6-5-7-10/h9-10H,4-8H2,1-3H3,(H,15,16).